The molecule has 1 aliphatic rings. The Bertz CT molecular complexity index is 650. The third kappa shape index (κ3) is 2.80. The molecule has 1 unspecified atom stereocenters. The quantitative estimate of drug-likeness (QED) is 0.934. The maximum Gasteiger partial charge on any atom is 0.334 e. The maximum atomic E-state index is 11.1. The normalized spacial score (nSPS) is 20.0. The number of aliphatic carboxylic acids is 1. The van der Waals surface area contributed by atoms with Crippen molar-refractivity contribution in [2.75, 3.05) is 19.7 Å². The van der Waals surface area contributed by atoms with E-state index in [1.54, 1.807) is 0 Å². The molecule has 2 heterocycles. The highest BCUT2D eigenvalue weighted by Crippen LogP contribution is 2.23. The minimum atomic E-state index is -0.879. The average Bonchev–Trinajstić information content (AvgIpc) is 2.86. The Labute approximate surface area is 123 Å². The molecule has 1 fully saturated rings. The van der Waals surface area contributed by atoms with Crippen molar-refractivity contribution >= 4 is 16.9 Å². The van der Waals surface area contributed by atoms with Crippen molar-refractivity contribution in [3.8, 4) is 0 Å². The van der Waals surface area contributed by atoms with Gasteiger partial charge in [0.1, 0.15) is 0 Å². The first-order chi connectivity index (χ1) is 10.2. The summed E-state index contributed by atoms with van der Waals surface area (Å²) in [6, 6.07) is 8.35. The summed E-state index contributed by atoms with van der Waals surface area (Å²) in [5.41, 5.74) is 2.48. The lowest BCUT2D eigenvalue weighted by atomic mass is 10.1. The number of carbonyl (C=O) groups is 1. The molecule has 5 heteroatoms. The van der Waals surface area contributed by atoms with Crippen LogP contribution >= 0.6 is 0 Å². The molecular weight excluding hydrogens is 268 g/mol. The zero-order valence-electron chi connectivity index (χ0n) is 12.2. The summed E-state index contributed by atoms with van der Waals surface area (Å²) in [6.07, 6.45) is 1.47. The molecule has 0 saturated carbocycles. The zero-order chi connectivity index (χ0) is 14.8. The Morgan fingerprint density at radius 2 is 2.24 bits per heavy atom. The lowest BCUT2D eigenvalue weighted by Crippen LogP contribution is -2.45. The van der Waals surface area contributed by atoms with E-state index in [1.165, 1.54) is 16.5 Å². The van der Waals surface area contributed by atoms with E-state index < -0.39 is 12.1 Å². The Hall–Kier alpha value is -1.85. The Kier molecular flexibility index (Phi) is 3.94. The van der Waals surface area contributed by atoms with E-state index in [9.17, 15) is 4.79 Å². The van der Waals surface area contributed by atoms with Crippen LogP contribution in [0.2, 0.25) is 0 Å². The number of carboxylic acids is 1. The van der Waals surface area contributed by atoms with Crippen LogP contribution in [0.15, 0.2) is 30.5 Å². The van der Waals surface area contributed by atoms with Gasteiger partial charge in [-0.3, -0.25) is 4.90 Å². The minimum absolute atomic E-state index is 0.445. The van der Waals surface area contributed by atoms with Gasteiger partial charge in [-0.2, -0.15) is 0 Å². The lowest BCUT2D eigenvalue weighted by molar-refractivity contribution is -0.156. The van der Waals surface area contributed by atoms with Crippen molar-refractivity contribution in [2.24, 2.45) is 0 Å². The Morgan fingerprint density at radius 3 is 3.00 bits per heavy atom. The van der Waals surface area contributed by atoms with Gasteiger partial charge in [0, 0.05) is 43.3 Å². The molecule has 1 aromatic heterocycles. The largest absolute Gasteiger partial charge is 0.479 e. The third-order valence-electron chi connectivity index (χ3n) is 4.03. The molecule has 0 spiro atoms. The molecule has 2 aromatic rings. The zero-order valence-corrected chi connectivity index (χ0v) is 12.2. The highest BCUT2D eigenvalue weighted by Gasteiger charge is 2.26. The first-order valence-corrected chi connectivity index (χ1v) is 7.32. The second-order valence-electron chi connectivity index (χ2n) is 5.39. The summed E-state index contributed by atoms with van der Waals surface area (Å²) >= 11 is 0. The van der Waals surface area contributed by atoms with Gasteiger partial charge >= 0.3 is 5.97 Å². The van der Waals surface area contributed by atoms with Gasteiger partial charge in [0.15, 0.2) is 6.10 Å². The van der Waals surface area contributed by atoms with Crippen LogP contribution < -0.4 is 0 Å². The van der Waals surface area contributed by atoms with E-state index in [-0.39, 0.29) is 0 Å². The molecule has 112 valence electrons. The van der Waals surface area contributed by atoms with Crippen LogP contribution in [-0.4, -0.2) is 46.3 Å². The number of nitrogens with zero attached hydrogens (tertiary/aromatic N) is 2. The van der Waals surface area contributed by atoms with Gasteiger partial charge in [0.25, 0.3) is 0 Å². The minimum Gasteiger partial charge on any atom is -0.479 e. The Balaban J connectivity index is 1.83. The van der Waals surface area contributed by atoms with E-state index in [2.05, 4.69) is 34.7 Å². The number of aryl methyl sites for hydroxylation is 1. The third-order valence-corrected chi connectivity index (χ3v) is 4.03. The van der Waals surface area contributed by atoms with Gasteiger partial charge in [-0.25, -0.2) is 4.79 Å². The predicted molar refractivity (Wildman–Crippen MR) is 80.3 cm³/mol. The van der Waals surface area contributed by atoms with E-state index in [1.807, 2.05) is 12.1 Å². The second-order valence-corrected chi connectivity index (χ2v) is 5.39. The van der Waals surface area contributed by atoms with Gasteiger partial charge in [-0.15, -0.1) is 0 Å². The summed E-state index contributed by atoms with van der Waals surface area (Å²) in [5, 5.41) is 10.3. The van der Waals surface area contributed by atoms with E-state index in [0.29, 0.717) is 13.2 Å². The van der Waals surface area contributed by atoms with Crippen LogP contribution in [0.4, 0.5) is 0 Å². The molecule has 1 N–H and O–H groups in total. The van der Waals surface area contributed by atoms with Crippen LogP contribution in [0.1, 0.15) is 12.5 Å². The Morgan fingerprint density at radius 1 is 1.43 bits per heavy atom. The van der Waals surface area contributed by atoms with Crippen LogP contribution in [0.3, 0.4) is 0 Å². The molecule has 5 nitrogen and oxygen atoms in total. The van der Waals surface area contributed by atoms with Crippen LogP contribution in [0.25, 0.3) is 10.9 Å². The van der Waals surface area contributed by atoms with Crippen molar-refractivity contribution in [1.82, 2.24) is 9.47 Å². The standard InChI is InChI=1S/C16H20N2O3/c1-2-18-10-12(13-5-3-4-6-14(13)18)9-17-7-8-21-15(11-17)16(19)20/h3-6,10,15H,2,7-9,11H2,1H3,(H,19,20). The monoisotopic (exact) mass is 288 g/mol. The second kappa shape index (κ2) is 5.87. The van der Waals surface area contributed by atoms with Crippen LogP contribution in [-0.2, 0) is 22.6 Å². The molecule has 21 heavy (non-hydrogen) atoms. The molecule has 1 aliphatic heterocycles. The first-order valence-electron chi connectivity index (χ1n) is 7.32. The van der Waals surface area contributed by atoms with E-state index in [4.69, 9.17) is 9.84 Å². The van der Waals surface area contributed by atoms with Crippen molar-refractivity contribution in [2.45, 2.75) is 26.1 Å². The number of ether oxygens (including phenoxy) is 1. The number of para-hydroxylation sites is 1. The predicted octanol–water partition coefficient (Wildman–Crippen LogP) is 1.95. The van der Waals surface area contributed by atoms with Crippen LogP contribution in [0.5, 0.6) is 0 Å². The lowest BCUT2D eigenvalue weighted by Gasteiger charge is -2.30. The molecule has 0 radical (unpaired) electrons. The van der Waals surface area contributed by atoms with Gasteiger partial charge in [0.05, 0.1) is 6.61 Å². The maximum absolute atomic E-state index is 11.1. The number of hydrogen-bond acceptors (Lipinski definition) is 3. The van der Waals surface area contributed by atoms with Crippen molar-refractivity contribution < 1.29 is 14.6 Å². The number of rotatable bonds is 4. The number of carboxylic acid groups (broad SMARTS) is 1. The SMILES string of the molecule is CCn1cc(CN2CCOC(C(=O)O)C2)c2ccccc21. The fourth-order valence-corrected chi connectivity index (χ4v) is 2.95. The van der Waals surface area contributed by atoms with Gasteiger partial charge in [-0.05, 0) is 18.6 Å². The highest BCUT2D eigenvalue weighted by molar-refractivity contribution is 5.84. The van der Waals surface area contributed by atoms with E-state index >= 15 is 0 Å². The number of hydrogen-bond donors (Lipinski definition) is 1. The fraction of sp³-hybridized carbons (Fsp3) is 0.438. The average molecular weight is 288 g/mol. The van der Waals surface area contributed by atoms with Gasteiger partial charge in [-0.1, -0.05) is 18.2 Å². The van der Waals surface area contributed by atoms with Crippen molar-refractivity contribution in [3.05, 3.63) is 36.0 Å². The molecule has 1 atom stereocenters. The van der Waals surface area contributed by atoms with E-state index in [0.717, 1.165) is 19.6 Å². The molecular formula is C16H20N2O3. The fourth-order valence-electron chi connectivity index (χ4n) is 2.95. The highest BCUT2D eigenvalue weighted by atomic mass is 16.5. The first kappa shape index (κ1) is 14.1. The summed E-state index contributed by atoms with van der Waals surface area (Å²) in [7, 11) is 0. The topological polar surface area (TPSA) is 54.7 Å². The summed E-state index contributed by atoms with van der Waals surface area (Å²) in [5.74, 6) is -0.879. The van der Waals surface area contributed by atoms with Gasteiger partial charge in [0.2, 0.25) is 0 Å². The molecule has 0 aliphatic carbocycles. The molecule has 0 bridgehead atoms. The molecule has 0 amide bonds. The number of benzene rings is 1. The molecule has 1 saturated heterocycles. The van der Waals surface area contributed by atoms with Crippen molar-refractivity contribution in [1.29, 1.82) is 0 Å². The van der Waals surface area contributed by atoms with Crippen LogP contribution in [0, 0.1) is 0 Å². The number of fused-ring (bicyclic) bond motifs is 1. The molecule has 1 aromatic carbocycles. The smallest absolute Gasteiger partial charge is 0.334 e. The molecule has 3 rings (SSSR count). The number of aromatic nitrogens is 1. The summed E-state index contributed by atoms with van der Waals surface area (Å²) in [6.45, 7) is 5.52. The number of morpholine rings is 1. The van der Waals surface area contributed by atoms with Crippen molar-refractivity contribution in [3.63, 3.8) is 0 Å². The summed E-state index contributed by atoms with van der Waals surface area (Å²) < 4.78 is 7.51. The summed E-state index contributed by atoms with van der Waals surface area (Å²) in [4.78, 5) is 13.2. The van der Waals surface area contributed by atoms with Gasteiger partial charge < -0.3 is 14.4 Å².